The van der Waals surface area contributed by atoms with Crippen LogP contribution < -0.4 is 10.6 Å². The van der Waals surface area contributed by atoms with E-state index in [0.717, 1.165) is 18.5 Å². The van der Waals surface area contributed by atoms with E-state index in [2.05, 4.69) is 15.5 Å². The highest BCUT2D eigenvalue weighted by Crippen LogP contribution is 2.20. The third kappa shape index (κ3) is 5.33. The second-order valence-electron chi connectivity index (χ2n) is 6.47. The first-order chi connectivity index (χ1) is 10.9. The predicted octanol–water partition coefficient (Wildman–Crippen LogP) is 1.00. The van der Waals surface area contributed by atoms with Crippen molar-refractivity contribution >= 4 is 11.9 Å². The van der Waals surface area contributed by atoms with Crippen molar-refractivity contribution in [3.8, 4) is 0 Å². The fourth-order valence-corrected chi connectivity index (χ4v) is 2.94. The van der Waals surface area contributed by atoms with Gasteiger partial charge < -0.3 is 15.7 Å². The van der Waals surface area contributed by atoms with Gasteiger partial charge in [-0.1, -0.05) is 30.3 Å². The summed E-state index contributed by atoms with van der Waals surface area (Å²) in [6, 6.07) is 9.83. The first-order valence-corrected chi connectivity index (χ1v) is 7.91. The summed E-state index contributed by atoms with van der Waals surface area (Å²) < 4.78 is 0. The summed E-state index contributed by atoms with van der Waals surface area (Å²) in [6.45, 7) is 5.71. The normalized spacial score (nSPS) is 22.7. The molecule has 2 atom stereocenters. The maximum Gasteiger partial charge on any atom is 0.317 e. The van der Waals surface area contributed by atoms with Crippen LogP contribution in [0.2, 0.25) is 0 Å². The molecule has 3 N–H and O–H groups in total. The fourth-order valence-electron chi connectivity index (χ4n) is 2.94. The van der Waals surface area contributed by atoms with Gasteiger partial charge in [-0.2, -0.15) is 0 Å². The standard InChI is InChI=1S/C17H25N3O3/c1-13(14-6-4-3-5-7-14)19-15(21)11-20-9-8-17(2,12-20)18-10-16(22)23/h3-7,13,18H,8-12H2,1-2H3,(H,19,21)(H,22,23)/t13-,17+/m0/s1. The predicted molar refractivity (Wildman–Crippen MR) is 88.1 cm³/mol. The Balaban J connectivity index is 1.79. The molecule has 1 aromatic rings. The molecule has 6 heteroatoms. The summed E-state index contributed by atoms with van der Waals surface area (Å²) in [7, 11) is 0. The average molecular weight is 319 g/mol. The first kappa shape index (κ1) is 17.4. The maximum absolute atomic E-state index is 12.2. The van der Waals surface area contributed by atoms with Crippen LogP contribution in [0.4, 0.5) is 0 Å². The molecule has 1 heterocycles. The third-order valence-corrected chi connectivity index (χ3v) is 4.26. The van der Waals surface area contributed by atoms with Crippen molar-refractivity contribution in [3.05, 3.63) is 35.9 Å². The molecule has 0 aliphatic carbocycles. The number of carboxylic acid groups (broad SMARTS) is 1. The largest absolute Gasteiger partial charge is 0.480 e. The summed E-state index contributed by atoms with van der Waals surface area (Å²) >= 11 is 0. The van der Waals surface area contributed by atoms with Crippen molar-refractivity contribution in [1.82, 2.24) is 15.5 Å². The average Bonchev–Trinajstić information content (AvgIpc) is 2.87. The SMILES string of the molecule is C[C@H](NC(=O)CN1CC[C@@](C)(NCC(=O)O)C1)c1ccccc1. The van der Waals surface area contributed by atoms with E-state index in [-0.39, 0.29) is 24.0 Å². The van der Waals surface area contributed by atoms with Crippen LogP contribution in [0.3, 0.4) is 0 Å². The molecule has 23 heavy (non-hydrogen) atoms. The molecule has 0 unspecified atom stereocenters. The number of hydrogen-bond acceptors (Lipinski definition) is 4. The Hall–Kier alpha value is -1.92. The van der Waals surface area contributed by atoms with Crippen LogP contribution in [0.5, 0.6) is 0 Å². The number of aliphatic carboxylic acids is 1. The molecule has 1 aliphatic rings. The Bertz CT molecular complexity index is 549. The third-order valence-electron chi connectivity index (χ3n) is 4.26. The summed E-state index contributed by atoms with van der Waals surface area (Å²) in [6.07, 6.45) is 0.835. The minimum absolute atomic E-state index is 0.0103. The monoisotopic (exact) mass is 319 g/mol. The number of likely N-dealkylation sites (tertiary alicyclic amines) is 1. The smallest absolute Gasteiger partial charge is 0.317 e. The van der Waals surface area contributed by atoms with Gasteiger partial charge in [0.25, 0.3) is 0 Å². The zero-order chi connectivity index (χ0) is 16.9. The van der Waals surface area contributed by atoms with Crippen LogP contribution in [-0.2, 0) is 9.59 Å². The van der Waals surface area contributed by atoms with E-state index < -0.39 is 5.97 Å². The highest BCUT2D eigenvalue weighted by Gasteiger charge is 2.34. The van der Waals surface area contributed by atoms with Crippen LogP contribution in [0.15, 0.2) is 30.3 Å². The lowest BCUT2D eigenvalue weighted by atomic mass is 10.0. The topological polar surface area (TPSA) is 81.7 Å². The minimum Gasteiger partial charge on any atom is -0.480 e. The molecule has 0 spiro atoms. The summed E-state index contributed by atoms with van der Waals surface area (Å²) in [5.74, 6) is -0.872. The van der Waals surface area contributed by atoms with Gasteiger partial charge in [0.05, 0.1) is 19.1 Å². The summed E-state index contributed by atoms with van der Waals surface area (Å²) in [4.78, 5) is 24.9. The number of benzene rings is 1. The molecule has 0 radical (unpaired) electrons. The van der Waals surface area contributed by atoms with Crippen molar-refractivity contribution in [1.29, 1.82) is 0 Å². The molecule has 0 bridgehead atoms. The Kier molecular flexibility index (Phi) is 5.74. The zero-order valence-electron chi connectivity index (χ0n) is 13.7. The van der Waals surface area contributed by atoms with E-state index in [9.17, 15) is 9.59 Å². The minimum atomic E-state index is -0.862. The number of rotatable bonds is 7. The van der Waals surface area contributed by atoms with E-state index in [0.29, 0.717) is 13.1 Å². The summed E-state index contributed by atoms with van der Waals surface area (Å²) in [5.41, 5.74) is 0.833. The van der Waals surface area contributed by atoms with Gasteiger partial charge in [0, 0.05) is 18.6 Å². The highest BCUT2D eigenvalue weighted by atomic mass is 16.4. The van der Waals surface area contributed by atoms with Gasteiger partial charge in [0.2, 0.25) is 5.91 Å². The van der Waals surface area contributed by atoms with Crippen molar-refractivity contribution < 1.29 is 14.7 Å². The van der Waals surface area contributed by atoms with E-state index >= 15 is 0 Å². The van der Waals surface area contributed by atoms with Crippen LogP contribution in [0.25, 0.3) is 0 Å². The second-order valence-corrected chi connectivity index (χ2v) is 6.47. The van der Waals surface area contributed by atoms with Gasteiger partial charge in [-0.25, -0.2) is 0 Å². The molecular formula is C17H25N3O3. The highest BCUT2D eigenvalue weighted by molar-refractivity contribution is 5.78. The Morgan fingerprint density at radius 1 is 1.35 bits per heavy atom. The van der Waals surface area contributed by atoms with Gasteiger partial charge in [-0.05, 0) is 25.8 Å². The van der Waals surface area contributed by atoms with E-state index in [1.165, 1.54) is 0 Å². The lowest BCUT2D eigenvalue weighted by Crippen LogP contribution is -2.47. The number of nitrogens with one attached hydrogen (secondary N) is 2. The number of nitrogens with zero attached hydrogens (tertiary/aromatic N) is 1. The van der Waals surface area contributed by atoms with Gasteiger partial charge in [0.1, 0.15) is 0 Å². The van der Waals surface area contributed by atoms with Crippen molar-refractivity contribution in [2.45, 2.75) is 31.8 Å². The van der Waals surface area contributed by atoms with E-state index in [1.807, 2.05) is 44.2 Å². The van der Waals surface area contributed by atoms with E-state index in [1.54, 1.807) is 0 Å². The first-order valence-electron chi connectivity index (χ1n) is 7.91. The zero-order valence-corrected chi connectivity index (χ0v) is 13.7. The molecule has 1 aliphatic heterocycles. The van der Waals surface area contributed by atoms with Crippen LogP contribution in [-0.4, -0.2) is 53.6 Å². The van der Waals surface area contributed by atoms with Crippen LogP contribution in [0, 0.1) is 0 Å². The van der Waals surface area contributed by atoms with Crippen molar-refractivity contribution in [2.75, 3.05) is 26.2 Å². The molecule has 0 saturated carbocycles. The number of carbonyl (C=O) groups excluding carboxylic acids is 1. The molecule has 1 aromatic carbocycles. The van der Waals surface area contributed by atoms with Crippen LogP contribution >= 0.6 is 0 Å². The van der Waals surface area contributed by atoms with Gasteiger partial charge >= 0.3 is 5.97 Å². The number of amides is 1. The molecule has 1 amide bonds. The quantitative estimate of drug-likeness (QED) is 0.698. The molecule has 0 aromatic heterocycles. The fraction of sp³-hybridized carbons (Fsp3) is 0.529. The van der Waals surface area contributed by atoms with Crippen LogP contribution in [0.1, 0.15) is 31.9 Å². The molecule has 2 rings (SSSR count). The molecule has 1 saturated heterocycles. The number of carbonyl (C=O) groups is 2. The molecule has 6 nitrogen and oxygen atoms in total. The van der Waals surface area contributed by atoms with Gasteiger partial charge in [-0.15, -0.1) is 0 Å². The van der Waals surface area contributed by atoms with Gasteiger partial charge in [-0.3, -0.25) is 14.5 Å². The summed E-state index contributed by atoms with van der Waals surface area (Å²) in [5, 5.41) is 14.8. The van der Waals surface area contributed by atoms with E-state index in [4.69, 9.17) is 5.11 Å². The van der Waals surface area contributed by atoms with Crippen molar-refractivity contribution in [2.24, 2.45) is 0 Å². The lowest BCUT2D eigenvalue weighted by molar-refractivity contribution is -0.136. The molecular weight excluding hydrogens is 294 g/mol. The number of hydrogen-bond donors (Lipinski definition) is 3. The maximum atomic E-state index is 12.2. The Labute approximate surface area is 136 Å². The van der Waals surface area contributed by atoms with Crippen molar-refractivity contribution in [3.63, 3.8) is 0 Å². The Morgan fingerprint density at radius 2 is 2.04 bits per heavy atom. The second kappa shape index (κ2) is 7.57. The Morgan fingerprint density at radius 3 is 2.70 bits per heavy atom. The lowest BCUT2D eigenvalue weighted by Gasteiger charge is -2.25. The van der Waals surface area contributed by atoms with Gasteiger partial charge in [0.15, 0.2) is 0 Å². The number of carboxylic acids is 1. The molecule has 126 valence electrons. The molecule has 1 fully saturated rings.